The molecule has 3 aliphatic rings. The number of esters is 1. The van der Waals surface area contributed by atoms with Gasteiger partial charge in [-0.2, -0.15) is 0 Å². The molecule has 7 heteroatoms. The van der Waals surface area contributed by atoms with Gasteiger partial charge in [-0.3, -0.25) is 9.69 Å². The van der Waals surface area contributed by atoms with Crippen molar-refractivity contribution in [1.29, 1.82) is 0 Å². The van der Waals surface area contributed by atoms with Gasteiger partial charge in [0.05, 0.1) is 17.3 Å². The highest BCUT2D eigenvalue weighted by Crippen LogP contribution is 2.34. The van der Waals surface area contributed by atoms with Crippen LogP contribution in [-0.2, 0) is 14.3 Å². The Hall–Kier alpha value is -2.83. The fourth-order valence-electron chi connectivity index (χ4n) is 3.86. The average molecular weight is 355 g/mol. The molecular formula is C19H21N3O4. The lowest BCUT2D eigenvalue weighted by Crippen LogP contribution is -2.51. The molecule has 136 valence electrons. The monoisotopic (exact) mass is 355 g/mol. The number of hydrogen-bond donors (Lipinski definition) is 2. The van der Waals surface area contributed by atoms with Crippen LogP contribution in [0.25, 0.3) is 0 Å². The van der Waals surface area contributed by atoms with Crippen LogP contribution in [0.5, 0.6) is 0 Å². The summed E-state index contributed by atoms with van der Waals surface area (Å²) < 4.78 is 5.17. The van der Waals surface area contributed by atoms with Crippen LogP contribution in [0.1, 0.15) is 37.3 Å². The lowest BCUT2D eigenvalue weighted by atomic mass is 9.96. The summed E-state index contributed by atoms with van der Waals surface area (Å²) in [5.74, 6) is -0.661. The van der Waals surface area contributed by atoms with Crippen LogP contribution in [0.3, 0.4) is 0 Å². The Morgan fingerprint density at radius 2 is 1.92 bits per heavy atom. The number of benzene rings is 1. The highest BCUT2D eigenvalue weighted by Gasteiger charge is 2.42. The van der Waals surface area contributed by atoms with E-state index in [1.165, 1.54) is 4.90 Å². The minimum Gasteiger partial charge on any atom is -0.456 e. The third-order valence-electron chi connectivity index (χ3n) is 5.15. The van der Waals surface area contributed by atoms with Gasteiger partial charge < -0.3 is 15.4 Å². The molecule has 0 radical (unpaired) electrons. The lowest BCUT2D eigenvalue weighted by Gasteiger charge is -2.32. The van der Waals surface area contributed by atoms with Crippen molar-refractivity contribution in [2.24, 2.45) is 0 Å². The Kier molecular flexibility index (Phi) is 4.36. The van der Waals surface area contributed by atoms with Gasteiger partial charge in [0.1, 0.15) is 13.2 Å². The molecule has 4 rings (SSSR count). The van der Waals surface area contributed by atoms with Crippen molar-refractivity contribution in [2.75, 3.05) is 13.2 Å². The molecular weight excluding hydrogens is 334 g/mol. The molecule has 26 heavy (non-hydrogen) atoms. The maximum Gasteiger partial charge on any atom is 0.338 e. The summed E-state index contributed by atoms with van der Waals surface area (Å²) in [6, 6.07) is 8.51. The largest absolute Gasteiger partial charge is 0.456 e. The lowest BCUT2D eigenvalue weighted by molar-refractivity contribution is -0.136. The molecule has 0 aromatic heterocycles. The number of carbonyl (C=O) groups is 3. The molecule has 2 aliphatic heterocycles. The van der Waals surface area contributed by atoms with E-state index < -0.39 is 18.0 Å². The maximum atomic E-state index is 12.6. The van der Waals surface area contributed by atoms with Crippen LogP contribution in [-0.4, -0.2) is 42.0 Å². The second-order valence-corrected chi connectivity index (χ2v) is 6.86. The molecule has 1 saturated carbocycles. The van der Waals surface area contributed by atoms with Gasteiger partial charge in [0.25, 0.3) is 0 Å². The first-order valence-electron chi connectivity index (χ1n) is 8.96. The van der Waals surface area contributed by atoms with Crippen LogP contribution in [0, 0.1) is 0 Å². The number of ether oxygens (including phenoxy) is 1. The van der Waals surface area contributed by atoms with E-state index >= 15 is 0 Å². The topological polar surface area (TPSA) is 87.7 Å². The molecule has 7 nitrogen and oxygen atoms in total. The standard InChI is InChI=1S/C19H21N3O4/c23-15(20-13-8-4-5-9-13)10-22-14-11-26-18(24)16(14)17(21-19(22)25)12-6-2-1-3-7-12/h1-3,6-7,13,17H,4-5,8-11H2,(H,20,23)(H,21,25)/t17-/m1/s1. The highest BCUT2D eigenvalue weighted by atomic mass is 16.5. The van der Waals surface area contributed by atoms with Gasteiger partial charge in [0.15, 0.2) is 0 Å². The number of amides is 3. The molecule has 2 N–H and O–H groups in total. The molecule has 1 aromatic carbocycles. The second-order valence-electron chi connectivity index (χ2n) is 6.86. The van der Waals surface area contributed by atoms with E-state index in [0.29, 0.717) is 11.3 Å². The van der Waals surface area contributed by atoms with E-state index in [2.05, 4.69) is 10.6 Å². The molecule has 1 aliphatic carbocycles. The minimum absolute atomic E-state index is 0.0155. The zero-order valence-corrected chi connectivity index (χ0v) is 14.4. The third-order valence-corrected chi connectivity index (χ3v) is 5.15. The van der Waals surface area contributed by atoms with E-state index in [4.69, 9.17) is 4.74 Å². The van der Waals surface area contributed by atoms with Gasteiger partial charge >= 0.3 is 12.0 Å². The van der Waals surface area contributed by atoms with Crippen LogP contribution >= 0.6 is 0 Å². The third kappa shape index (κ3) is 3.05. The maximum absolute atomic E-state index is 12.6. The molecule has 0 unspecified atom stereocenters. The van der Waals surface area contributed by atoms with Gasteiger partial charge in [0, 0.05) is 6.04 Å². The van der Waals surface area contributed by atoms with Crippen LogP contribution in [0.4, 0.5) is 4.79 Å². The Labute approximate surface area is 151 Å². The van der Waals surface area contributed by atoms with Crippen LogP contribution in [0.15, 0.2) is 41.6 Å². The minimum atomic E-state index is -0.553. The van der Waals surface area contributed by atoms with Crippen molar-refractivity contribution in [2.45, 2.75) is 37.8 Å². The number of cyclic esters (lactones) is 1. The van der Waals surface area contributed by atoms with E-state index in [-0.39, 0.29) is 25.1 Å². The summed E-state index contributed by atoms with van der Waals surface area (Å²) in [5, 5.41) is 5.80. The predicted octanol–water partition coefficient (Wildman–Crippen LogP) is 1.62. The molecule has 3 amide bonds. The molecule has 2 heterocycles. The summed E-state index contributed by atoms with van der Waals surface area (Å²) in [7, 11) is 0. The van der Waals surface area contributed by atoms with Gasteiger partial charge in [-0.25, -0.2) is 9.59 Å². The predicted molar refractivity (Wildman–Crippen MR) is 92.8 cm³/mol. The van der Waals surface area contributed by atoms with Crippen molar-refractivity contribution < 1.29 is 19.1 Å². The Balaban J connectivity index is 1.57. The van der Waals surface area contributed by atoms with E-state index in [9.17, 15) is 14.4 Å². The fraction of sp³-hybridized carbons (Fsp3) is 0.421. The number of rotatable bonds is 4. The number of nitrogens with one attached hydrogen (secondary N) is 2. The van der Waals surface area contributed by atoms with Gasteiger partial charge in [-0.05, 0) is 18.4 Å². The number of urea groups is 1. The van der Waals surface area contributed by atoms with Crippen molar-refractivity contribution in [3.05, 3.63) is 47.2 Å². The van der Waals surface area contributed by atoms with Gasteiger partial charge in [-0.1, -0.05) is 43.2 Å². The molecule has 0 spiro atoms. The first-order chi connectivity index (χ1) is 12.6. The Morgan fingerprint density at radius 1 is 1.19 bits per heavy atom. The summed E-state index contributed by atoms with van der Waals surface area (Å²) in [4.78, 5) is 38.6. The first kappa shape index (κ1) is 16.6. The molecule has 1 fully saturated rings. The van der Waals surface area contributed by atoms with Crippen molar-refractivity contribution in [3.63, 3.8) is 0 Å². The van der Waals surface area contributed by atoms with Crippen LogP contribution < -0.4 is 10.6 Å². The van der Waals surface area contributed by atoms with E-state index in [0.717, 1.165) is 31.2 Å². The number of nitrogens with zero attached hydrogens (tertiary/aromatic N) is 1. The van der Waals surface area contributed by atoms with Crippen molar-refractivity contribution in [3.8, 4) is 0 Å². The fourth-order valence-corrected chi connectivity index (χ4v) is 3.86. The Morgan fingerprint density at radius 3 is 2.65 bits per heavy atom. The van der Waals surface area contributed by atoms with Crippen LogP contribution in [0.2, 0.25) is 0 Å². The Bertz CT molecular complexity index is 768. The number of hydrogen-bond acceptors (Lipinski definition) is 4. The average Bonchev–Trinajstić information content (AvgIpc) is 3.28. The summed E-state index contributed by atoms with van der Waals surface area (Å²) >= 11 is 0. The zero-order valence-electron chi connectivity index (χ0n) is 14.4. The quantitative estimate of drug-likeness (QED) is 0.804. The second kappa shape index (κ2) is 6.82. The smallest absolute Gasteiger partial charge is 0.338 e. The molecule has 0 bridgehead atoms. The highest BCUT2D eigenvalue weighted by molar-refractivity contribution is 5.98. The van der Waals surface area contributed by atoms with Gasteiger partial charge in [-0.15, -0.1) is 0 Å². The van der Waals surface area contributed by atoms with Crippen molar-refractivity contribution in [1.82, 2.24) is 15.5 Å². The normalized spacial score (nSPS) is 22.9. The van der Waals surface area contributed by atoms with Crippen molar-refractivity contribution >= 4 is 17.9 Å². The SMILES string of the molecule is O=C(CN1C(=O)N[C@H](c2ccccc2)C2=C1COC2=O)NC1CCCC1. The summed E-state index contributed by atoms with van der Waals surface area (Å²) in [6.45, 7) is -0.0963. The summed E-state index contributed by atoms with van der Waals surface area (Å²) in [5.41, 5.74) is 1.70. The molecule has 1 aromatic rings. The van der Waals surface area contributed by atoms with E-state index in [1.54, 1.807) is 0 Å². The summed E-state index contributed by atoms with van der Waals surface area (Å²) in [6.07, 6.45) is 4.18. The first-order valence-corrected chi connectivity index (χ1v) is 8.96. The van der Waals surface area contributed by atoms with E-state index in [1.807, 2.05) is 30.3 Å². The van der Waals surface area contributed by atoms with Gasteiger partial charge in [0.2, 0.25) is 5.91 Å². The molecule has 0 saturated heterocycles. The molecule has 1 atom stereocenters. The number of carbonyl (C=O) groups excluding carboxylic acids is 3. The zero-order chi connectivity index (χ0) is 18.1.